The normalized spacial score (nSPS) is 16.2. The zero-order valence-electron chi connectivity index (χ0n) is 11.6. The van der Waals surface area contributed by atoms with Crippen molar-refractivity contribution in [2.75, 3.05) is 13.1 Å². The molecule has 1 saturated heterocycles. The topological polar surface area (TPSA) is 64.2 Å². The number of nitrogens with two attached hydrogens (primary N) is 1. The maximum absolute atomic E-state index is 12.4. The van der Waals surface area contributed by atoms with Gasteiger partial charge in [-0.2, -0.15) is 5.10 Å². The monoisotopic (exact) mass is 348 g/mol. The lowest BCUT2D eigenvalue weighted by molar-refractivity contribution is 0.0708. The third-order valence-electron chi connectivity index (χ3n) is 3.71. The fraction of sp³-hybridized carbons (Fsp3) is 0.333. The molecule has 1 aliphatic heterocycles. The number of hydrogen-bond acceptors (Lipinski definition) is 3. The molecule has 1 amide bonds. The van der Waals surface area contributed by atoms with Crippen LogP contribution in [0.25, 0.3) is 5.69 Å². The highest BCUT2D eigenvalue weighted by Gasteiger charge is 2.23. The number of likely N-dealkylation sites (tertiary alicyclic amines) is 1. The van der Waals surface area contributed by atoms with E-state index in [0.717, 1.165) is 23.0 Å². The van der Waals surface area contributed by atoms with Gasteiger partial charge in [0.1, 0.15) is 0 Å². The lowest BCUT2D eigenvalue weighted by Crippen LogP contribution is -2.43. The summed E-state index contributed by atoms with van der Waals surface area (Å²) in [6.45, 7) is 1.42. The number of amides is 1. The predicted octanol–water partition coefficient (Wildman–Crippen LogP) is 2.20. The zero-order valence-corrected chi connectivity index (χ0v) is 13.2. The molecule has 0 aliphatic carbocycles. The van der Waals surface area contributed by atoms with Crippen LogP contribution in [0.15, 0.2) is 41.0 Å². The summed E-state index contributed by atoms with van der Waals surface area (Å²) in [5.74, 6) is -0.0179. The van der Waals surface area contributed by atoms with Crippen molar-refractivity contribution in [1.29, 1.82) is 0 Å². The minimum Gasteiger partial charge on any atom is -0.337 e. The first-order valence-corrected chi connectivity index (χ1v) is 7.79. The summed E-state index contributed by atoms with van der Waals surface area (Å²) in [5, 5.41) is 4.39. The minimum absolute atomic E-state index is 0.0179. The van der Waals surface area contributed by atoms with Crippen molar-refractivity contribution in [3.63, 3.8) is 0 Å². The Balaban J connectivity index is 1.77. The van der Waals surface area contributed by atoms with E-state index in [1.807, 2.05) is 35.4 Å². The number of carbonyl (C=O) groups is 1. The molecule has 110 valence electrons. The average molecular weight is 349 g/mol. The molecular weight excluding hydrogens is 332 g/mol. The molecule has 2 aromatic rings. The van der Waals surface area contributed by atoms with Gasteiger partial charge in [0, 0.05) is 29.8 Å². The van der Waals surface area contributed by atoms with Crippen molar-refractivity contribution < 1.29 is 4.79 Å². The lowest BCUT2D eigenvalue weighted by atomic mass is 10.1. The molecular formula is C15H17BrN4O. The largest absolute Gasteiger partial charge is 0.337 e. The number of benzene rings is 1. The van der Waals surface area contributed by atoms with Gasteiger partial charge in [-0.1, -0.05) is 22.0 Å². The molecule has 0 unspecified atom stereocenters. The Kier molecular flexibility index (Phi) is 4.07. The van der Waals surface area contributed by atoms with Gasteiger partial charge in [0.15, 0.2) is 5.69 Å². The summed E-state index contributed by atoms with van der Waals surface area (Å²) >= 11 is 3.44. The van der Waals surface area contributed by atoms with Gasteiger partial charge in [-0.05, 0) is 37.1 Å². The first-order chi connectivity index (χ1) is 10.1. The first kappa shape index (κ1) is 14.3. The third kappa shape index (κ3) is 3.16. The van der Waals surface area contributed by atoms with Gasteiger partial charge in [0.05, 0.1) is 5.69 Å². The van der Waals surface area contributed by atoms with E-state index in [-0.39, 0.29) is 11.9 Å². The summed E-state index contributed by atoms with van der Waals surface area (Å²) in [6.07, 6.45) is 3.53. The van der Waals surface area contributed by atoms with Crippen LogP contribution in [0.1, 0.15) is 23.3 Å². The van der Waals surface area contributed by atoms with Crippen LogP contribution in [0.4, 0.5) is 0 Å². The summed E-state index contributed by atoms with van der Waals surface area (Å²) < 4.78 is 2.70. The molecule has 2 heterocycles. The molecule has 21 heavy (non-hydrogen) atoms. The number of aromatic nitrogens is 2. The molecule has 2 N–H and O–H groups in total. The van der Waals surface area contributed by atoms with Crippen molar-refractivity contribution in [2.24, 2.45) is 5.73 Å². The number of halogens is 1. The molecule has 3 rings (SSSR count). The van der Waals surface area contributed by atoms with Crippen LogP contribution in [-0.2, 0) is 0 Å². The average Bonchev–Trinajstić information content (AvgIpc) is 2.97. The summed E-state index contributed by atoms with van der Waals surface area (Å²) in [6, 6.07) is 9.78. The van der Waals surface area contributed by atoms with Crippen molar-refractivity contribution in [2.45, 2.75) is 18.9 Å². The van der Waals surface area contributed by atoms with Gasteiger partial charge < -0.3 is 10.6 Å². The number of hydrogen-bond donors (Lipinski definition) is 1. The molecule has 1 aliphatic rings. The Hall–Kier alpha value is -1.66. The SMILES string of the molecule is NC1CCN(C(=O)c2ccn(-c3cccc(Br)c3)n2)CC1. The van der Waals surface area contributed by atoms with Gasteiger partial charge >= 0.3 is 0 Å². The second-order valence-corrected chi connectivity index (χ2v) is 6.17. The second-order valence-electron chi connectivity index (χ2n) is 5.26. The van der Waals surface area contributed by atoms with Crippen LogP contribution >= 0.6 is 15.9 Å². The number of rotatable bonds is 2. The molecule has 0 atom stereocenters. The first-order valence-electron chi connectivity index (χ1n) is 7.00. The molecule has 0 spiro atoms. The van der Waals surface area contributed by atoms with E-state index < -0.39 is 0 Å². The maximum atomic E-state index is 12.4. The van der Waals surface area contributed by atoms with E-state index in [9.17, 15) is 4.79 Å². The van der Waals surface area contributed by atoms with Crippen LogP contribution in [0.2, 0.25) is 0 Å². The van der Waals surface area contributed by atoms with Crippen LogP contribution in [-0.4, -0.2) is 39.7 Å². The Bertz CT molecular complexity index is 647. The molecule has 6 heteroatoms. The van der Waals surface area contributed by atoms with Gasteiger partial charge in [0.2, 0.25) is 0 Å². The summed E-state index contributed by atoms with van der Waals surface area (Å²) in [7, 11) is 0. The van der Waals surface area contributed by atoms with E-state index in [1.165, 1.54) is 0 Å². The van der Waals surface area contributed by atoms with Crippen LogP contribution < -0.4 is 5.73 Å². The van der Waals surface area contributed by atoms with Crippen molar-refractivity contribution >= 4 is 21.8 Å². The molecule has 0 radical (unpaired) electrons. The lowest BCUT2D eigenvalue weighted by Gasteiger charge is -2.29. The van der Waals surface area contributed by atoms with E-state index in [2.05, 4.69) is 21.0 Å². The van der Waals surface area contributed by atoms with Crippen molar-refractivity contribution in [3.8, 4) is 5.69 Å². The number of piperidine rings is 1. The van der Waals surface area contributed by atoms with Gasteiger partial charge in [-0.3, -0.25) is 4.79 Å². The molecule has 1 fully saturated rings. The van der Waals surface area contributed by atoms with Gasteiger partial charge in [-0.25, -0.2) is 4.68 Å². The summed E-state index contributed by atoms with van der Waals surface area (Å²) in [5.41, 5.74) is 7.27. The molecule has 0 bridgehead atoms. The third-order valence-corrected chi connectivity index (χ3v) is 4.20. The van der Waals surface area contributed by atoms with E-state index in [1.54, 1.807) is 10.7 Å². The predicted molar refractivity (Wildman–Crippen MR) is 84.4 cm³/mol. The highest BCUT2D eigenvalue weighted by atomic mass is 79.9. The quantitative estimate of drug-likeness (QED) is 0.904. The summed E-state index contributed by atoms with van der Waals surface area (Å²) in [4.78, 5) is 14.2. The Morgan fingerprint density at radius 2 is 2.05 bits per heavy atom. The second kappa shape index (κ2) is 5.99. The highest BCUT2D eigenvalue weighted by Crippen LogP contribution is 2.16. The van der Waals surface area contributed by atoms with Gasteiger partial charge in [-0.15, -0.1) is 0 Å². The van der Waals surface area contributed by atoms with Crippen LogP contribution in [0, 0.1) is 0 Å². The molecule has 1 aromatic heterocycles. The fourth-order valence-electron chi connectivity index (χ4n) is 2.46. The molecule has 0 saturated carbocycles. The smallest absolute Gasteiger partial charge is 0.274 e. The molecule has 1 aromatic carbocycles. The number of nitrogens with zero attached hydrogens (tertiary/aromatic N) is 3. The van der Waals surface area contributed by atoms with Crippen LogP contribution in [0.3, 0.4) is 0 Å². The Morgan fingerprint density at radius 1 is 1.29 bits per heavy atom. The molecule has 5 nitrogen and oxygen atoms in total. The fourth-order valence-corrected chi connectivity index (χ4v) is 2.85. The highest BCUT2D eigenvalue weighted by molar-refractivity contribution is 9.10. The zero-order chi connectivity index (χ0) is 14.8. The standard InChI is InChI=1S/C15H17BrN4O/c16-11-2-1-3-13(10-11)20-9-6-14(18-20)15(21)19-7-4-12(17)5-8-19/h1-3,6,9-10,12H,4-5,7-8,17H2. The Labute approximate surface area is 131 Å². The van der Waals surface area contributed by atoms with Crippen molar-refractivity contribution in [1.82, 2.24) is 14.7 Å². The Morgan fingerprint density at radius 3 is 2.76 bits per heavy atom. The maximum Gasteiger partial charge on any atom is 0.274 e. The number of carbonyl (C=O) groups excluding carboxylic acids is 1. The van der Waals surface area contributed by atoms with Crippen molar-refractivity contribution in [3.05, 3.63) is 46.7 Å². The van der Waals surface area contributed by atoms with E-state index in [0.29, 0.717) is 18.8 Å². The minimum atomic E-state index is -0.0179. The van der Waals surface area contributed by atoms with Gasteiger partial charge in [0.25, 0.3) is 5.91 Å². The van der Waals surface area contributed by atoms with E-state index in [4.69, 9.17) is 5.73 Å². The van der Waals surface area contributed by atoms with E-state index >= 15 is 0 Å². The van der Waals surface area contributed by atoms with Crippen LogP contribution in [0.5, 0.6) is 0 Å².